The average molecular weight is 600 g/mol. The first kappa shape index (κ1) is 27.0. The summed E-state index contributed by atoms with van der Waals surface area (Å²) in [6, 6.07) is 62.0. The molecule has 0 unspecified atom stereocenters. The van der Waals surface area contributed by atoms with Crippen molar-refractivity contribution in [1.82, 2.24) is 14.5 Å². The smallest absolute Gasteiger partial charge is 0.160 e. The van der Waals surface area contributed by atoms with E-state index in [1.807, 2.05) is 0 Å². The van der Waals surface area contributed by atoms with Crippen LogP contribution in [0.4, 0.5) is 0 Å². The van der Waals surface area contributed by atoms with Crippen LogP contribution in [-0.4, -0.2) is 14.5 Å². The van der Waals surface area contributed by atoms with E-state index in [0.717, 1.165) is 55.6 Å². The van der Waals surface area contributed by atoms with Crippen LogP contribution in [0.15, 0.2) is 176 Å². The Morgan fingerprint density at radius 1 is 0.404 bits per heavy atom. The van der Waals surface area contributed by atoms with Gasteiger partial charge in [0.2, 0.25) is 0 Å². The van der Waals surface area contributed by atoms with E-state index >= 15 is 0 Å². The molecular formula is C44H29N3. The molecule has 0 bridgehead atoms. The molecule has 0 N–H and O–H groups in total. The Hall–Kier alpha value is -6.32. The van der Waals surface area contributed by atoms with Gasteiger partial charge in [-0.05, 0) is 63.4 Å². The Morgan fingerprint density at radius 3 is 1.85 bits per heavy atom. The second kappa shape index (κ2) is 11.2. The van der Waals surface area contributed by atoms with Gasteiger partial charge in [0.15, 0.2) is 5.82 Å². The maximum Gasteiger partial charge on any atom is 0.160 e. The Balaban J connectivity index is 1.33. The van der Waals surface area contributed by atoms with E-state index in [9.17, 15) is 0 Å². The molecule has 7 aromatic carbocycles. The first-order valence-electron chi connectivity index (χ1n) is 15.9. The lowest BCUT2D eigenvalue weighted by Gasteiger charge is -2.13. The third kappa shape index (κ3) is 4.68. The van der Waals surface area contributed by atoms with Crippen molar-refractivity contribution in [2.24, 2.45) is 0 Å². The molecule has 0 amide bonds. The van der Waals surface area contributed by atoms with E-state index in [1.54, 1.807) is 0 Å². The van der Waals surface area contributed by atoms with Gasteiger partial charge in [-0.15, -0.1) is 0 Å². The number of fused-ring (bicyclic) bond motifs is 4. The van der Waals surface area contributed by atoms with E-state index in [0.29, 0.717) is 5.82 Å². The summed E-state index contributed by atoms with van der Waals surface area (Å²) in [5.41, 5.74) is 11.7. The molecule has 0 saturated heterocycles. The van der Waals surface area contributed by atoms with Crippen molar-refractivity contribution < 1.29 is 0 Å². The van der Waals surface area contributed by atoms with E-state index in [2.05, 4.69) is 180 Å². The third-order valence-electron chi connectivity index (χ3n) is 8.99. The monoisotopic (exact) mass is 599 g/mol. The summed E-state index contributed by atoms with van der Waals surface area (Å²) in [7, 11) is 0. The van der Waals surface area contributed by atoms with Crippen LogP contribution in [0.25, 0.3) is 83.3 Å². The fourth-order valence-corrected chi connectivity index (χ4v) is 6.80. The lowest BCUT2D eigenvalue weighted by molar-refractivity contribution is 1.15. The van der Waals surface area contributed by atoms with Crippen molar-refractivity contribution in [3.05, 3.63) is 176 Å². The highest BCUT2D eigenvalue weighted by atomic mass is 15.0. The highest BCUT2D eigenvalue weighted by Gasteiger charge is 2.21. The van der Waals surface area contributed by atoms with Gasteiger partial charge < -0.3 is 4.57 Å². The van der Waals surface area contributed by atoms with Gasteiger partial charge in [-0.25, -0.2) is 9.97 Å². The van der Waals surface area contributed by atoms with Crippen molar-refractivity contribution in [2.75, 3.05) is 0 Å². The number of nitrogens with zero attached hydrogens (tertiary/aromatic N) is 3. The molecule has 0 aliphatic carbocycles. The van der Waals surface area contributed by atoms with Gasteiger partial charge in [0.05, 0.1) is 16.7 Å². The van der Waals surface area contributed by atoms with Crippen LogP contribution in [0.5, 0.6) is 0 Å². The van der Waals surface area contributed by atoms with Gasteiger partial charge in [0.25, 0.3) is 0 Å². The lowest BCUT2D eigenvalue weighted by atomic mass is 9.97. The number of benzene rings is 7. The number of hydrogen-bond acceptors (Lipinski definition) is 2. The maximum atomic E-state index is 5.42. The molecule has 0 saturated carbocycles. The Morgan fingerprint density at radius 2 is 1.00 bits per heavy atom. The molecule has 0 aliphatic heterocycles. The molecule has 2 heterocycles. The summed E-state index contributed by atoms with van der Waals surface area (Å²) in [6.07, 6.45) is 0. The molecule has 0 atom stereocenters. The number of hydrogen-bond donors (Lipinski definition) is 0. The highest BCUT2D eigenvalue weighted by Crippen LogP contribution is 2.39. The van der Waals surface area contributed by atoms with E-state index in [-0.39, 0.29) is 0 Å². The van der Waals surface area contributed by atoms with Gasteiger partial charge in [-0.3, -0.25) is 0 Å². The van der Waals surface area contributed by atoms with Crippen LogP contribution >= 0.6 is 0 Å². The van der Waals surface area contributed by atoms with Crippen LogP contribution in [0, 0.1) is 0 Å². The van der Waals surface area contributed by atoms with Crippen LogP contribution in [-0.2, 0) is 0 Å². The van der Waals surface area contributed by atoms with Crippen molar-refractivity contribution in [1.29, 1.82) is 0 Å². The second-order valence-electron chi connectivity index (χ2n) is 11.8. The Bertz CT molecular complexity index is 2560. The molecule has 47 heavy (non-hydrogen) atoms. The maximum absolute atomic E-state index is 5.42. The summed E-state index contributed by atoms with van der Waals surface area (Å²) >= 11 is 0. The molecule has 0 spiro atoms. The van der Waals surface area contributed by atoms with E-state index in [1.165, 1.54) is 21.9 Å². The van der Waals surface area contributed by atoms with Crippen molar-refractivity contribution in [2.45, 2.75) is 0 Å². The number of rotatable bonds is 5. The lowest BCUT2D eigenvalue weighted by Crippen LogP contribution is -2.00. The largest absolute Gasteiger partial charge is 0.306 e. The molecule has 3 heteroatoms. The van der Waals surface area contributed by atoms with Crippen molar-refractivity contribution in [3.63, 3.8) is 0 Å². The average Bonchev–Trinajstić information content (AvgIpc) is 3.49. The topological polar surface area (TPSA) is 30.7 Å². The number of para-hydroxylation sites is 2. The molecule has 0 fully saturated rings. The summed E-state index contributed by atoms with van der Waals surface area (Å²) < 4.78 is 2.31. The second-order valence-corrected chi connectivity index (χ2v) is 11.8. The fraction of sp³-hybridized carbons (Fsp3) is 0. The van der Waals surface area contributed by atoms with Crippen molar-refractivity contribution in [3.8, 4) is 50.6 Å². The quantitative estimate of drug-likeness (QED) is 0.197. The molecule has 9 rings (SSSR count). The Kier molecular flexibility index (Phi) is 6.46. The summed E-state index contributed by atoms with van der Waals surface area (Å²) in [5.74, 6) is 0.704. The fourth-order valence-electron chi connectivity index (χ4n) is 6.80. The molecule has 2 aromatic heterocycles. The standard InChI is InChI=1S/C44H29N3/c1-3-14-30(15-4-1)32-18-11-20-34(28-32)41-43-42(39-25-9-10-27-40(39)47(43)36-22-5-2-6-23-36)46-44(45-41)35-21-12-19-33(29-35)38-26-13-17-31-16-7-8-24-37(31)38/h1-29H. The minimum Gasteiger partial charge on any atom is -0.306 e. The predicted molar refractivity (Wildman–Crippen MR) is 196 cm³/mol. The SMILES string of the molecule is c1ccc(-c2cccc(-c3nc(-c4cccc(-c5cccc6ccccc56)c4)nc4c5ccccc5n(-c5ccccc5)c34)c2)cc1. The zero-order valence-electron chi connectivity index (χ0n) is 25.6. The van der Waals surface area contributed by atoms with E-state index < -0.39 is 0 Å². The zero-order valence-corrected chi connectivity index (χ0v) is 25.6. The molecule has 0 radical (unpaired) electrons. The predicted octanol–water partition coefficient (Wildman–Crippen LogP) is 11.4. The van der Waals surface area contributed by atoms with E-state index in [4.69, 9.17) is 9.97 Å². The van der Waals surface area contributed by atoms with Crippen LogP contribution in [0.3, 0.4) is 0 Å². The first-order chi connectivity index (χ1) is 23.3. The molecule has 220 valence electrons. The van der Waals surface area contributed by atoms with Crippen LogP contribution in [0.2, 0.25) is 0 Å². The van der Waals surface area contributed by atoms with Gasteiger partial charge in [-0.2, -0.15) is 0 Å². The Labute approximate surface area is 273 Å². The minimum atomic E-state index is 0.704. The number of aromatic nitrogens is 3. The molecule has 9 aromatic rings. The zero-order chi connectivity index (χ0) is 31.2. The van der Waals surface area contributed by atoms with Crippen LogP contribution < -0.4 is 0 Å². The van der Waals surface area contributed by atoms with Crippen molar-refractivity contribution >= 4 is 32.7 Å². The molecule has 0 aliphatic rings. The van der Waals surface area contributed by atoms with Gasteiger partial charge >= 0.3 is 0 Å². The van der Waals surface area contributed by atoms with Gasteiger partial charge in [-0.1, -0.05) is 146 Å². The molecular weight excluding hydrogens is 571 g/mol. The minimum absolute atomic E-state index is 0.704. The summed E-state index contributed by atoms with van der Waals surface area (Å²) in [5, 5.41) is 3.55. The summed E-state index contributed by atoms with van der Waals surface area (Å²) in [4.78, 5) is 10.8. The normalized spacial score (nSPS) is 11.4. The first-order valence-corrected chi connectivity index (χ1v) is 15.9. The summed E-state index contributed by atoms with van der Waals surface area (Å²) in [6.45, 7) is 0. The molecule has 3 nitrogen and oxygen atoms in total. The van der Waals surface area contributed by atoms with Gasteiger partial charge in [0.1, 0.15) is 5.52 Å². The third-order valence-corrected chi connectivity index (χ3v) is 8.99. The van der Waals surface area contributed by atoms with Crippen LogP contribution in [0.1, 0.15) is 0 Å². The highest BCUT2D eigenvalue weighted by molar-refractivity contribution is 6.11. The van der Waals surface area contributed by atoms with Gasteiger partial charge in [0, 0.05) is 22.2 Å².